The highest BCUT2D eigenvalue weighted by molar-refractivity contribution is 6.10. The van der Waals surface area contributed by atoms with Crippen LogP contribution < -0.4 is 10.6 Å². The van der Waals surface area contributed by atoms with E-state index in [9.17, 15) is 0 Å². The molecule has 35 heavy (non-hydrogen) atoms. The van der Waals surface area contributed by atoms with Gasteiger partial charge in [-0.05, 0) is 43.0 Å². The molecule has 2 aliphatic carbocycles. The summed E-state index contributed by atoms with van der Waals surface area (Å²) in [4.78, 5) is 8.06. The van der Waals surface area contributed by atoms with Crippen molar-refractivity contribution in [2.24, 2.45) is 10.7 Å². The highest BCUT2D eigenvalue weighted by Crippen LogP contribution is 2.63. The van der Waals surface area contributed by atoms with Crippen LogP contribution in [0.5, 0.6) is 0 Å². The quantitative estimate of drug-likeness (QED) is 0.465. The third-order valence-electron chi connectivity index (χ3n) is 8.40. The van der Waals surface area contributed by atoms with Gasteiger partial charge in [0.1, 0.15) is 0 Å². The number of para-hydroxylation sites is 1. The van der Waals surface area contributed by atoms with Gasteiger partial charge in [0.2, 0.25) is 0 Å². The van der Waals surface area contributed by atoms with Gasteiger partial charge in [-0.2, -0.15) is 0 Å². The van der Waals surface area contributed by atoms with Gasteiger partial charge in [-0.3, -0.25) is 4.99 Å². The SMILES string of the molecule is CC12CC1(C)c1ccccc1C(C(C(N)c1ccccc1)N(c1ccccc1)C1C=CC=CC1)=N2. The van der Waals surface area contributed by atoms with E-state index in [2.05, 4.69) is 128 Å². The second-order valence-corrected chi connectivity index (χ2v) is 10.6. The largest absolute Gasteiger partial charge is 0.354 e. The Labute approximate surface area is 208 Å². The Kier molecular flexibility index (Phi) is 5.26. The summed E-state index contributed by atoms with van der Waals surface area (Å²) in [5.41, 5.74) is 13.3. The lowest BCUT2D eigenvalue weighted by molar-refractivity contribution is 0.540. The number of aliphatic imine (C=N–C) groups is 1. The Morgan fingerprint density at radius 3 is 2.29 bits per heavy atom. The maximum Gasteiger partial charge on any atom is 0.0914 e. The summed E-state index contributed by atoms with van der Waals surface area (Å²) in [7, 11) is 0. The average Bonchev–Trinajstić information content (AvgIpc) is 3.50. The van der Waals surface area contributed by atoms with E-state index in [0.717, 1.165) is 24.1 Å². The highest BCUT2D eigenvalue weighted by atomic mass is 15.2. The van der Waals surface area contributed by atoms with Crippen molar-refractivity contribution >= 4 is 11.4 Å². The standard InChI is InChI=1S/C32H33N3/c1-31-22-32(31,2)34-29(26-20-12-13-21-27(26)31)30(28(33)23-14-6-3-7-15-23)35(24-16-8-4-9-17-24)25-18-10-5-11-19-25/h3-18,20-21,25,28,30H,19,22,33H2,1-2H3. The summed E-state index contributed by atoms with van der Waals surface area (Å²) in [5.74, 6) is 0. The second kappa shape index (κ2) is 8.35. The Morgan fingerprint density at radius 1 is 0.886 bits per heavy atom. The van der Waals surface area contributed by atoms with Gasteiger partial charge < -0.3 is 10.6 Å². The summed E-state index contributed by atoms with van der Waals surface area (Å²) in [6, 6.07) is 29.9. The minimum absolute atomic E-state index is 0.0873. The Hall–Kier alpha value is -3.43. The number of anilines is 1. The van der Waals surface area contributed by atoms with Crippen LogP contribution in [0.3, 0.4) is 0 Å². The van der Waals surface area contributed by atoms with Crippen molar-refractivity contribution < 1.29 is 0 Å². The molecule has 3 aliphatic rings. The second-order valence-electron chi connectivity index (χ2n) is 10.6. The number of hydrogen-bond donors (Lipinski definition) is 1. The average molecular weight is 460 g/mol. The fourth-order valence-corrected chi connectivity index (χ4v) is 6.20. The molecule has 1 aliphatic heterocycles. The first kappa shape index (κ1) is 22.1. The molecule has 1 saturated carbocycles. The van der Waals surface area contributed by atoms with Gasteiger partial charge in [-0.25, -0.2) is 0 Å². The fourth-order valence-electron chi connectivity index (χ4n) is 6.20. The summed E-state index contributed by atoms with van der Waals surface area (Å²) in [6.45, 7) is 4.67. The van der Waals surface area contributed by atoms with Gasteiger partial charge in [0.25, 0.3) is 0 Å². The molecule has 5 atom stereocenters. The van der Waals surface area contributed by atoms with Crippen molar-refractivity contribution in [2.45, 2.75) is 55.8 Å². The number of allylic oxidation sites excluding steroid dienone is 2. The van der Waals surface area contributed by atoms with Gasteiger partial charge in [-0.1, -0.05) is 104 Å². The zero-order valence-electron chi connectivity index (χ0n) is 20.5. The van der Waals surface area contributed by atoms with Crippen LogP contribution >= 0.6 is 0 Å². The molecule has 3 aromatic rings. The van der Waals surface area contributed by atoms with Crippen LogP contribution in [-0.4, -0.2) is 23.3 Å². The van der Waals surface area contributed by atoms with Gasteiger partial charge >= 0.3 is 0 Å². The van der Waals surface area contributed by atoms with Crippen LogP contribution in [0.25, 0.3) is 0 Å². The third kappa shape index (κ3) is 3.57. The predicted octanol–water partition coefficient (Wildman–Crippen LogP) is 6.37. The van der Waals surface area contributed by atoms with E-state index < -0.39 is 0 Å². The van der Waals surface area contributed by atoms with Gasteiger partial charge in [0.05, 0.1) is 29.4 Å². The Bertz CT molecular complexity index is 1310. The molecule has 0 spiro atoms. The van der Waals surface area contributed by atoms with E-state index in [1.807, 2.05) is 0 Å². The lowest BCUT2D eigenvalue weighted by Gasteiger charge is -2.44. The molecule has 2 N–H and O–H groups in total. The van der Waals surface area contributed by atoms with E-state index in [0.29, 0.717) is 0 Å². The summed E-state index contributed by atoms with van der Waals surface area (Å²) >= 11 is 0. The monoisotopic (exact) mass is 459 g/mol. The number of benzene rings is 3. The molecule has 176 valence electrons. The summed E-state index contributed by atoms with van der Waals surface area (Å²) in [5, 5.41) is 0. The zero-order valence-corrected chi connectivity index (χ0v) is 20.5. The normalized spacial score (nSPS) is 27.9. The van der Waals surface area contributed by atoms with Gasteiger partial charge in [0, 0.05) is 16.7 Å². The molecule has 0 radical (unpaired) electrons. The van der Waals surface area contributed by atoms with Crippen LogP contribution in [0.15, 0.2) is 114 Å². The van der Waals surface area contributed by atoms with E-state index in [4.69, 9.17) is 10.7 Å². The molecule has 0 aromatic heterocycles. The van der Waals surface area contributed by atoms with Crippen molar-refractivity contribution in [3.63, 3.8) is 0 Å². The van der Waals surface area contributed by atoms with Gasteiger partial charge in [0.15, 0.2) is 0 Å². The molecule has 5 unspecified atom stereocenters. The zero-order chi connectivity index (χ0) is 24.0. The maximum absolute atomic E-state index is 7.24. The molecular weight excluding hydrogens is 426 g/mol. The highest BCUT2D eigenvalue weighted by Gasteiger charge is 2.65. The molecule has 0 saturated heterocycles. The lowest BCUT2D eigenvalue weighted by Crippen LogP contribution is -2.54. The predicted molar refractivity (Wildman–Crippen MR) is 146 cm³/mol. The first-order chi connectivity index (χ1) is 17.0. The molecule has 3 aromatic carbocycles. The van der Waals surface area contributed by atoms with Crippen molar-refractivity contribution in [3.05, 3.63) is 126 Å². The van der Waals surface area contributed by atoms with Crippen molar-refractivity contribution in [3.8, 4) is 0 Å². The molecule has 3 nitrogen and oxygen atoms in total. The Morgan fingerprint density at radius 2 is 1.57 bits per heavy atom. The molecule has 0 bridgehead atoms. The van der Waals surface area contributed by atoms with E-state index >= 15 is 0 Å². The van der Waals surface area contributed by atoms with E-state index in [1.54, 1.807) is 0 Å². The third-order valence-corrected chi connectivity index (χ3v) is 8.40. The molecule has 0 amide bonds. The Balaban J connectivity index is 1.57. The molecular formula is C32H33N3. The number of nitrogens with two attached hydrogens (primary N) is 1. The van der Waals surface area contributed by atoms with E-state index in [1.165, 1.54) is 16.8 Å². The maximum atomic E-state index is 7.24. The molecule has 3 heteroatoms. The molecule has 1 fully saturated rings. The minimum atomic E-state index is -0.241. The van der Waals surface area contributed by atoms with Gasteiger partial charge in [-0.15, -0.1) is 0 Å². The number of rotatable bonds is 6. The van der Waals surface area contributed by atoms with Crippen molar-refractivity contribution in [2.75, 3.05) is 4.90 Å². The van der Waals surface area contributed by atoms with Crippen LogP contribution in [0.2, 0.25) is 0 Å². The summed E-state index contributed by atoms with van der Waals surface area (Å²) in [6.07, 6.45) is 10.9. The smallest absolute Gasteiger partial charge is 0.0914 e. The molecule has 1 heterocycles. The number of nitrogens with zero attached hydrogens (tertiary/aromatic N) is 2. The summed E-state index contributed by atoms with van der Waals surface area (Å²) < 4.78 is 0. The van der Waals surface area contributed by atoms with Crippen LogP contribution in [0.4, 0.5) is 5.69 Å². The number of hydrogen-bond acceptors (Lipinski definition) is 3. The van der Waals surface area contributed by atoms with Crippen LogP contribution in [-0.2, 0) is 5.41 Å². The van der Waals surface area contributed by atoms with E-state index in [-0.39, 0.29) is 29.1 Å². The van der Waals surface area contributed by atoms with Crippen molar-refractivity contribution in [1.29, 1.82) is 0 Å². The molecule has 6 rings (SSSR count). The topological polar surface area (TPSA) is 41.6 Å². The minimum Gasteiger partial charge on any atom is -0.354 e. The fraction of sp³-hybridized carbons (Fsp3) is 0.281. The first-order valence-corrected chi connectivity index (χ1v) is 12.7. The number of fused-ring (bicyclic) bond motifs is 3. The lowest BCUT2D eigenvalue weighted by atomic mass is 9.80. The first-order valence-electron chi connectivity index (χ1n) is 12.7. The van der Waals surface area contributed by atoms with Crippen LogP contribution in [0.1, 0.15) is 49.4 Å². The van der Waals surface area contributed by atoms with Crippen LogP contribution in [0, 0.1) is 0 Å². The van der Waals surface area contributed by atoms with Crippen molar-refractivity contribution in [1.82, 2.24) is 0 Å².